The Labute approximate surface area is 81.4 Å². The average molecular weight is 197 g/mol. The number of anilines is 1. The highest BCUT2D eigenvalue weighted by molar-refractivity contribution is 7.39. The molecule has 0 radical (unpaired) electrons. The van der Waals surface area contributed by atoms with Crippen LogP contribution in [0.4, 0.5) is 5.82 Å². The maximum Gasteiger partial charge on any atom is 0.150 e. The lowest BCUT2D eigenvalue weighted by Gasteiger charge is -2.21. The average Bonchev–Trinajstić information content (AvgIpc) is 2.19. The standard InChI is InChI=1S/C9H16N3P/c1-3-7-12(13-4-2)9-8-10-5-6-11-9/h5-6,8,13H,3-4,7H2,1-2H3. The van der Waals surface area contributed by atoms with E-state index < -0.39 is 0 Å². The van der Waals surface area contributed by atoms with Crippen LogP contribution >= 0.6 is 8.73 Å². The first kappa shape index (κ1) is 10.4. The van der Waals surface area contributed by atoms with Gasteiger partial charge in [0.2, 0.25) is 0 Å². The molecule has 0 aliphatic carbocycles. The first-order chi connectivity index (χ1) is 6.38. The Morgan fingerprint density at radius 3 is 2.77 bits per heavy atom. The van der Waals surface area contributed by atoms with Gasteiger partial charge >= 0.3 is 0 Å². The number of nitrogens with zero attached hydrogens (tertiary/aromatic N) is 3. The third-order valence-electron chi connectivity index (χ3n) is 1.62. The van der Waals surface area contributed by atoms with Gasteiger partial charge in [0.15, 0.2) is 0 Å². The van der Waals surface area contributed by atoms with E-state index in [0.29, 0.717) is 0 Å². The van der Waals surface area contributed by atoms with Crippen LogP contribution in [0.5, 0.6) is 0 Å². The highest BCUT2D eigenvalue weighted by Crippen LogP contribution is 2.23. The van der Waals surface area contributed by atoms with Gasteiger partial charge in [0.1, 0.15) is 5.82 Å². The van der Waals surface area contributed by atoms with Crippen molar-refractivity contribution in [1.82, 2.24) is 9.97 Å². The van der Waals surface area contributed by atoms with Crippen molar-refractivity contribution < 1.29 is 0 Å². The van der Waals surface area contributed by atoms with Crippen LogP contribution in [0.3, 0.4) is 0 Å². The fourth-order valence-corrected chi connectivity index (χ4v) is 2.16. The SMILES string of the molecule is CCCN(PCC)c1cnccn1. The second kappa shape index (κ2) is 5.87. The van der Waals surface area contributed by atoms with E-state index in [-0.39, 0.29) is 0 Å². The highest BCUT2D eigenvalue weighted by atomic mass is 31.1. The molecule has 0 fully saturated rings. The molecule has 1 unspecified atom stereocenters. The summed E-state index contributed by atoms with van der Waals surface area (Å²) in [7, 11) is 0.821. The predicted molar refractivity (Wildman–Crippen MR) is 58.5 cm³/mol. The minimum atomic E-state index is 0.821. The molecule has 0 amide bonds. The summed E-state index contributed by atoms with van der Waals surface area (Å²) in [5, 5.41) is 0. The summed E-state index contributed by atoms with van der Waals surface area (Å²) in [5.74, 6) is 1.00. The van der Waals surface area contributed by atoms with Gasteiger partial charge in [0, 0.05) is 18.9 Å². The third kappa shape index (κ3) is 3.27. The van der Waals surface area contributed by atoms with Crippen molar-refractivity contribution in [2.45, 2.75) is 20.3 Å². The van der Waals surface area contributed by atoms with Crippen molar-refractivity contribution in [3.05, 3.63) is 18.6 Å². The molecule has 1 rings (SSSR count). The molecule has 13 heavy (non-hydrogen) atoms. The Hall–Kier alpha value is -0.690. The molecule has 72 valence electrons. The monoisotopic (exact) mass is 197 g/mol. The Kier molecular flexibility index (Phi) is 4.69. The fourth-order valence-electron chi connectivity index (χ4n) is 1.12. The van der Waals surface area contributed by atoms with E-state index in [1.54, 1.807) is 12.4 Å². The number of hydrogen-bond acceptors (Lipinski definition) is 3. The van der Waals surface area contributed by atoms with Crippen LogP contribution in [-0.2, 0) is 0 Å². The predicted octanol–water partition coefficient (Wildman–Crippen LogP) is 2.31. The van der Waals surface area contributed by atoms with E-state index in [9.17, 15) is 0 Å². The van der Waals surface area contributed by atoms with Crippen molar-refractivity contribution in [3.63, 3.8) is 0 Å². The topological polar surface area (TPSA) is 29.0 Å². The zero-order valence-corrected chi connectivity index (χ0v) is 9.20. The van der Waals surface area contributed by atoms with Crippen molar-refractivity contribution in [2.75, 3.05) is 17.4 Å². The molecule has 0 spiro atoms. The Balaban J connectivity index is 2.64. The van der Waals surface area contributed by atoms with Gasteiger partial charge in [-0.05, 0) is 21.3 Å². The molecule has 0 aliphatic heterocycles. The van der Waals surface area contributed by atoms with Gasteiger partial charge in [-0.2, -0.15) is 0 Å². The van der Waals surface area contributed by atoms with Crippen LogP contribution in [-0.4, -0.2) is 22.7 Å². The lowest BCUT2D eigenvalue weighted by molar-refractivity contribution is 0.908. The van der Waals surface area contributed by atoms with E-state index in [1.807, 2.05) is 6.20 Å². The van der Waals surface area contributed by atoms with Gasteiger partial charge in [-0.15, -0.1) is 0 Å². The second-order valence-corrected chi connectivity index (χ2v) is 4.29. The van der Waals surface area contributed by atoms with Crippen LogP contribution in [0.1, 0.15) is 20.3 Å². The summed E-state index contributed by atoms with van der Waals surface area (Å²) in [6.07, 6.45) is 7.62. The van der Waals surface area contributed by atoms with Crippen molar-refractivity contribution in [1.29, 1.82) is 0 Å². The molecule has 1 heterocycles. The lowest BCUT2D eigenvalue weighted by atomic mass is 10.5. The van der Waals surface area contributed by atoms with E-state index in [0.717, 1.165) is 27.5 Å². The van der Waals surface area contributed by atoms with Crippen LogP contribution in [0.25, 0.3) is 0 Å². The molecule has 3 nitrogen and oxygen atoms in total. The second-order valence-electron chi connectivity index (χ2n) is 2.73. The van der Waals surface area contributed by atoms with Crippen LogP contribution < -0.4 is 4.67 Å². The van der Waals surface area contributed by atoms with E-state index in [1.165, 1.54) is 6.16 Å². The maximum absolute atomic E-state index is 4.29. The number of rotatable bonds is 5. The Bertz CT molecular complexity index is 222. The smallest absolute Gasteiger partial charge is 0.150 e. The summed E-state index contributed by atoms with van der Waals surface area (Å²) in [4.78, 5) is 8.36. The summed E-state index contributed by atoms with van der Waals surface area (Å²) in [5.41, 5.74) is 0. The van der Waals surface area contributed by atoms with E-state index in [4.69, 9.17) is 0 Å². The largest absolute Gasteiger partial charge is 0.337 e. The van der Waals surface area contributed by atoms with Gasteiger partial charge in [-0.25, -0.2) is 4.98 Å². The fraction of sp³-hybridized carbons (Fsp3) is 0.556. The normalized spacial score (nSPS) is 10.9. The van der Waals surface area contributed by atoms with E-state index in [2.05, 4.69) is 28.5 Å². The molecular formula is C9H16N3P. The van der Waals surface area contributed by atoms with Crippen molar-refractivity contribution in [2.24, 2.45) is 0 Å². The van der Waals surface area contributed by atoms with Crippen molar-refractivity contribution >= 4 is 14.5 Å². The van der Waals surface area contributed by atoms with Gasteiger partial charge in [-0.3, -0.25) is 4.98 Å². The third-order valence-corrected chi connectivity index (χ3v) is 2.77. The molecule has 4 heteroatoms. The molecule has 0 aromatic carbocycles. The number of hydrogen-bond donors (Lipinski definition) is 0. The van der Waals surface area contributed by atoms with Gasteiger partial charge in [0.25, 0.3) is 0 Å². The molecule has 0 aliphatic rings. The van der Waals surface area contributed by atoms with Crippen LogP contribution in [0.15, 0.2) is 18.6 Å². The lowest BCUT2D eigenvalue weighted by Crippen LogP contribution is -2.15. The zero-order chi connectivity index (χ0) is 9.52. The Morgan fingerprint density at radius 2 is 2.23 bits per heavy atom. The maximum atomic E-state index is 4.29. The minimum Gasteiger partial charge on any atom is -0.337 e. The molecule has 0 saturated heterocycles. The summed E-state index contributed by atoms with van der Waals surface area (Å²) in [6.45, 7) is 5.45. The molecule has 1 aromatic rings. The van der Waals surface area contributed by atoms with Gasteiger partial charge in [-0.1, -0.05) is 13.8 Å². The summed E-state index contributed by atoms with van der Waals surface area (Å²) in [6, 6.07) is 0. The van der Waals surface area contributed by atoms with Crippen LogP contribution in [0.2, 0.25) is 0 Å². The first-order valence-electron chi connectivity index (χ1n) is 4.65. The Morgan fingerprint density at radius 1 is 1.38 bits per heavy atom. The van der Waals surface area contributed by atoms with E-state index >= 15 is 0 Å². The number of aromatic nitrogens is 2. The van der Waals surface area contributed by atoms with Gasteiger partial charge in [0.05, 0.1) is 6.20 Å². The molecule has 1 aromatic heterocycles. The molecule has 1 atom stereocenters. The van der Waals surface area contributed by atoms with Crippen molar-refractivity contribution in [3.8, 4) is 0 Å². The molecule has 0 bridgehead atoms. The summed E-state index contributed by atoms with van der Waals surface area (Å²) >= 11 is 0. The van der Waals surface area contributed by atoms with Crippen LogP contribution in [0, 0.1) is 0 Å². The quantitative estimate of drug-likeness (QED) is 0.678. The summed E-state index contributed by atoms with van der Waals surface area (Å²) < 4.78 is 2.30. The van der Waals surface area contributed by atoms with Gasteiger partial charge < -0.3 is 4.67 Å². The molecule has 0 N–H and O–H groups in total. The molecule has 0 saturated carbocycles. The highest BCUT2D eigenvalue weighted by Gasteiger charge is 2.04. The first-order valence-corrected chi connectivity index (χ1v) is 5.81. The molecular weight excluding hydrogens is 181 g/mol. The zero-order valence-electron chi connectivity index (χ0n) is 8.20. The minimum absolute atomic E-state index is 0.821.